The molecule has 0 aliphatic heterocycles. The molecule has 0 bridgehead atoms. The summed E-state index contributed by atoms with van der Waals surface area (Å²) in [5, 5.41) is 4.58. The Morgan fingerprint density at radius 1 is 1.34 bits per heavy atom. The zero-order valence-corrected chi connectivity index (χ0v) is 18.3. The third kappa shape index (κ3) is 3.75. The van der Waals surface area contributed by atoms with Crippen LogP contribution in [0.4, 0.5) is 4.39 Å². The van der Waals surface area contributed by atoms with Gasteiger partial charge in [0.1, 0.15) is 16.8 Å². The van der Waals surface area contributed by atoms with Gasteiger partial charge in [-0.1, -0.05) is 12.5 Å². The van der Waals surface area contributed by atoms with Crippen LogP contribution in [0.5, 0.6) is 0 Å². The Morgan fingerprint density at radius 3 is 2.76 bits per heavy atom. The van der Waals surface area contributed by atoms with Crippen molar-refractivity contribution in [2.75, 3.05) is 0 Å². The molecule has 0 spiro atoms. The first-order valence-electron chi connectivity index (χ1n) is 10.2. The molecule has 4 nitrogen and oxygen atoms in total. The molecular formula is C23H28FN3OS. The molecule has 1 fully saturated rings. The highest BCUT2D eigenvalue weighted by atomic mass is 32.2. The fourth-order valence-corrected chi connectivity index (χ4v) is 5.03. The molecule has 1 heterocycles. The number of aromatic nitrogens is 2. The average Bonchev–Trinajstić information content (AvgIpc) is 3.20. The van der Waals surface area contributed by atoms with Gasteiger partial charge < -0.3 is 0 Å². The molecule has 6 heteroatoms. The summed E-state index contributed by atoms with van der Waals surface area (Å²) in [4.78, 5) is 0. The first-order chi connectivity index (χ1) is 13.7. The molecule has 29 heavy (non-hydrogen) atoms. The number of halogens is 1. The molecule has 2 aliphatic rings. The first kappa shape index (κ1) is 20.2. The van der Waals surface area contributed by atoms with Crippen LogP contribution >= 0.6 is 0 Å². The predicted molar refractivity (Wildman–Crippen MR) is 117 cm³/mol. The van der Waals surface area contributed by atoms with Gasteiger partial charge in [-0.3, -0.25) is 0 Å². The number of allylic oxidation sites excluding steroid dienone is 1. The van der Waals surface area contributed by atoms with Crippen molar-refractivity contribution in [2.24, 2.45) is 15.7 Å². The monoisotopic (exact) mass is 413 g/mol. The topological polar surface area (TPSA) is 47.2 Å². The second-order valence-electron chi connectivity index (χ2n) is 9.33. The molecule has 3 atom stereocenters. The SMILES string of the molecule is CC12Cc3cnn(-c4ccc(F)cc4)c3C=C1CC[C@@H]2CC=NS(=O)C(C)(C)C. The standard InChI is InChI=1S/C23H28FN3OS/c1-22(2,3)29(28)26-12-11-17-5-6-18-13-21-16(14-23(17,18)4)15-25-27(21)20-9-7-19(24)8-10-20/h7-10,12-13,15,17H,5-6,11,14H2,1-4H3/t17-,23?,29?/m1/s1. The maximum absolute atomic E-state index is 13.3. The van der Waals surface area contributed by atoms with Gasteiger partial charge in [-0.15, -0.1) is 0 Å². The molecule has 0 saturated heterocycles. The molecule has 1 aromatic carbocycles. The third-order valence-electron chi connectivity index (χ3n) is 6.31. The lowest BCUT2D eigenvalue weighted by atomic mass is 9.69. The van der Waals surface area contributed by atoms with Gasteiger partial charge in [-0.2, -0.15) is 9.50 Å². The maximum Gasteiger partial charge on any atom is 0.144 e. The van der Waals surface area contributed by atoms with Crippen molar-refractivity contribution >= 4 is 23.3 Å². The van der Waals surface area contributed by atoms with E-state index in [1.54, 1.807) is 12.1 Å². The van der Waals surface area contributed by atoms with E-state index in [9.17, 15) is 8.60 Å². The smallest absolute Gasteiger partial charge is 0.144 e. The van der Waals surface area contributed by atoms with Gasteiger partial charge in [0.2, 0.25) is 0 Å². The molecule has 154 valence electrons. The Labute approximate surface area is 174 Å². The van der Waals surface area contributed by atoms with Gasteiger partial charge in [-0.25, -0.2) is 13.3 Å². The van der Waals surface area contributed by atoms with Gasteiger partial charge in [-0.05, 0) is 93.7 Å². The molecule has 0 radical (unpaired) electrons. The number of benzene rings is 1. The summed E-state index contributed by atoms with van der Waals surface area (Å²) < 4.78 is 31.4. The van der Waals surface area contributed by atoms with E-state index in [0.717, 1.165) is 37.1 Å². The highest BCUT2D eigenvalue weighted by Gasteiger charge is 2.45. The number of hydrogen-bond donors (Lipinski definition) is 0. The lowest BCUT2D eigenvalue weighted by molar-refractivity contribution is 0.280. The Bertz CT molecular complexity index is 1000. The molecule has 2 aliphatic carbocycles. The summed E-state index contributed by atoms with van der Waals surface area (Å²) >= 11 is 0. The number of rotatable bonds is 4. The summed E-state index contributed by atoms with van der Waals surface area (Å²) in [6, 6.07) is 6.46. The number of hydrogen-bond acceptors (Lipinski definition) is 2. The third-order valence-corrected chi connectivity index (χ3v) is 7.70. The van der Waals surface area contributed by atoms with E-state index in [1.165, 1.54) is 23.3 Å². The molecule has 2 unspecified atom stereocenters. The van der Waals surface area contributed by atoms with E-state index < -0.39 is 11.0 Å². The van der Waals surface area contributed by atoms with Crippen LogP contribution in [0.25, 0.3) is 11.8 Å². The zero-order valence-electron chi connectivity index (χ0n) is 17.5. The second-order valence-corrected chi connectivity index (χ2v) is 11.3. The van der Waals surface area contributed by atoms with Gasteiger partial charge in [0.05, 0.1) is 22.3 Å². The van der Waals surface area contributed by atoms with Crippen LogP contribution in [-0.4, -0.2) is 25.0 Å². The van der Waals surface area contributed by atoms with E-state index >= 15 is 0 Å². The molecule has 0 amide bonds. The molecular weight excluding hydrogens is 385 g/mol. The van der Waals surface area contributed by atoms with E-state index in [1.807, 2.05) is 37.9 Å². The Hall–Kier alpha value is -2.08. The summed E-state index contributed by atoms with van der Waals surface area (Å²) in [7, 11) is -1.20. The van der Waals surface area contributed by atoms with Crippen LogP contribution in [0.3, 0.4) is 0 Å². The predicted octanol–water partition coefficient (Wildman–Crippen LogP) is 5.29. The normalized spacial score (nSPS) is 25.0. The molecule has 0 N–H and O–H groups in total. The van der Waals surface area contributed by atoms with E-state index in [4.69, 9.17) is 0 Å². The zero-order chi connectivity index (χ0) is 20.8. The van der Waals surface area contributed by atoms with Crippen molar-refractivity contribution in [1.82, 2.24) is 9.78 Å². The molecule has 4 rings (SSSR count). The lowest BCUT2D eigenvalue weighted by Gasteiger charge is -2.35. The van der Waals surface area contributed by atoms with Crippen molar-refractivity contribution < 1.29 is 8.60 Å². The quantitative estimate of drug-likeness (QED) is 0.640. The Morgan fingerprint density at radius 2 is 2.07 bits per heavy atom. The van der Waals surface area contributed by atoms with Gasteiger partial charge in [0.25, 0.3) is 0 Å². The van der Waals surface area contributed by atoms with E-state index in [2.05, 4.69) is 22.5 Å². The van der Waals surface area contributed by atoms with Crippen LogP contribution in [-0.2, 0) is 17.4 Å². The first-order valence-corrected chi connectivity index (χ1v) is 11.3. The highest BCUT2D eigenvalue weighted by Crippen LogP contribution is 2.54. The Kier molecular flexibility index (Phi) is 5.09. The molecule has 2 aromatic rings. The fraction of sp³-hybridized carbons (Fsp3) is 0.478. The Balaban J connectivity index is 1.56. The van der Waals surface area contributed by atoms with E-state index in [-0.39, 0.29) is 16.0 Å². The fourth-order valence-electron chi connectivity index (χ4n) is 4.50. The van der Waals surface area contributed by atoms with Crippen molar-refractivity contribution in [3.05, 3.63) is 53.1 Å². The van der Waals surface area contributed by atoms with Gasteiger partial charge >= 0.3 is 0 Å². The van der Waals surface area contributed by atoms with Crippen LogP contribution in [0.2, 0.25) is 0 Å². The van der Waals surface area contributed by atoms with E-state index in [0.29, 0.717) is 5.92 Å². The minimum absolute atomic E-state index is 0.0822. The summed E-state index contributed by atoms with van der Waals surface area (Å²) in [6.45, 7) is 8.17. The summed E-state index contributed by atoms with van der Waals surface area (Å²) in [5.41, 5.74) is 4.73. The number of nitrogens with zero attached hydrogens (tertiary/aromatic N) is 3. The lowest BCUT2D eigenvalue weighted by Crippen LogP contribution is -2.29. The minimum Gasteiger partial charge on any atom is -0.234 e. The van der Waals surface area contributed by atoms with Gasteiger partial charge in [0, 0.05) is 6.21 Å². The van der Waals surface area contributed by atoms with Gasteiger partial charge in [0.15, 0.2) is 0 Å². The average molecular weight is 414 g/mol. The van der Waals surface area contributed by atoms with Crippen molar-refractivity contribution in [3.63, 3.8) is 0 Å². The van der Waals surface area contributed by atoms with Crippen LogP contribution < -0.4 is 0 Å². The number of fused-ring (bicyclic) bond motifs is 2. The largest absolute Gasteiger partial charge is 0.234 e. The van der Waals surface area contributed by atoms with Crippen LogP contribution in [0.15, 0.2) is 40.4 Å². The van der Waals surface area contributed by atoms with Crippen molar-refractivity contribution in [3.8, 4) is 5.69 Å². The van der Waals surface area contributed by atoms with Crippen molar-refractivity contribution in [1.29, 1.82) is 0 Å². The van der Waals surface area contributed by atoms with Crippen LogP contribution in [0, 0.1) is 17.2 Å². The van der Waals surface area contributed by atoms with Crippen LogP contribution in [0.1, 0.15) is 58.2 Å². The summed E-state index contributed by atoms with van der Waals surface area (Å²) in [5.74, 6) is 0.241. The minimum atomic E-state index is -1.20. The molecule has 1 aromatic heterocycles. The second kappa shape index (κ2) is 7.31. The van der Waals surface area contributed by atoms with Crippen molar-refractivity contribution in [2.45, 2.75) is 58.1 Å². The highest BCUT2D eigenvalue weighted by molar-refractivity contribution is 7.85. The molecule has 1 saturated carbocycles. The summed E-state index contributed by atoms with van der Waals surface area (Å²) in [6.07, 6.45) is 10.1. The maximum atomic E-state index is 13.3.